The first-order chi connectivity index (χ1) is 15.3. The van der Waals surface area contributed by atoms with E-state index in [9.17, 15) is 9.59 Å². The molecule has 6 heteroatoms. The first-order valence-electron chi connectivity index (χ1n) is 11.3. The van der Waals surface area contributed by atoms with E-state index in [0.29, 0.717) is 25.3 Å². The van der Waals surface area contributed by atoms with Gasteiger partial charge in [-0.2, -0.15) is 0 Å². The van der Waals surface area contributed by atoms with Crippen LogP contribution in [0, 0.1) is 20.8 Å². The third-order valence-corrected chi connectivity index (χ3v) is 6.84. The normalized spacial score (nSPS) is 11.7. The SMILES string of the molecule is CCCCNC(=O)C(CC)N(Cc1ccccc1C)C(=O)COc1cc(C)c(Br)c(C)c1. The fourth-order valence-electron chi connectivity index (χ4n) is 3.61. The van der Waals surface area contributed by atoms with Gasteiger partial charge in [0, 0.05) is 17.6 Å². The van der Waals surface area contributed by atoms with Gasteiger partial charge in [0.05, 0.1) is 0 Å². The Kier molecular flexibility index (Phi) is 10.2. The van der Waals surface area contributed by atoms with E-state index in [4.69, 9.17) is 4.74 Å². The maximum atomic E-state index is 13.3. The zero-order valence-corrected chi connectivity index (χ0v) is 21.4. The number of amides is 2. The molecule has 2 aromatic carbocycles. The topological polar surface area (TPSA) is 58.6 Å². The van der Waals surface area contributed by atoms with Crippen molar-refractivity contribution in [3.05, 3.63) is 63.1 Å². The first-order valence-corrected chi connectivity index (χ1v) is 12.1. The van der Waals surface area contributed by atoms with Crippen LogP contribution >= 0.6 is 15.9 Å². The maximum Gasteiger partial charge on any atom is 0.261 e. The maximum absolute atomic E-state index is 13.3. The van der Waals surface area contributed by atoms with E-state index in [1.165, 1.54) is 0 Å². The third-order valence-electron chi connectivity index (χ3n) is 5.59. The lowest BCUT2D eigenvalue weighted by Crippen LogP contribution is -2.50. The number of carbonyl (C=O) groups is 2. The number of nitrogens with one attached hydrogen (secondary N) is 1. The van der Waals surface area contributed by atoms with Gasteiger partial charge in [0.1, 0.15) is 11.8 Å². The lowest BCUT2D eigenvalue weighted by atomic mass is 10.1. The number of carbonyl (C=O) groups excluding carboxylic acids is 2. The summed E-state index contributed by atoms with van der Waals surface area (Å²) in [6.45, 7) is 10.9. The molecule has 0 radical (unpaired) electrons. The van der Waals surface area contributed by atoms with E-state index >= 15 is 0 Å². The molecule has 5 nitrogen and oxygen atoms in total. The summed E-state index contributed by atoms with van der Waals surface area (Å²) in [5, 5.41) is 2.99. The highest BCUT2D eigenvalue weighted by atomic mass is 79.9. The summed E-state index contributed by atoms with van der Waals surface area (Å²) in [6.07, 6.45) is 2.45. The summed E-state index contributed by atoms with van der Waals surface area (Å²) in [5.74, 6) is 0.329. The van der Waals surface area contributed by atoms with Gasteiger partial charge in [-0.3, -0.25) is 9.59 Å². The molecule has 0 aliphatic rings. The number of hydrogen-bond donors (Lipinski definition) is 1. The van der Waals surface area contributed by atoms with Crippen molar-refractivity contribution in [2.24, 2.45) is 0 Å². The van der Waals surface area contributed by atoms with Crippen molar-refractivity contribution in [3.8, 4) is 5.75 Å². The predicted molar refractivity (Wildman–Crippen MR) is 133 cm³/mol. The van der Waals surface area contributed by atoms with E-state index in [1.807, 2.05) is 64.1 Å². The molecule has 0 saturated heterocycles. The highest BCUT2D eigenvalue weighted by molar-refractivity contribution is 9.10. The molecule has 0 heterocycles. The van der Waals surface area contributed by atoms with Crippen molar-refractivity contribution in [1.82, 2.24) is 10.2 Å². The van der Waals surface area contributed by atoms with Crippen molar-refractivity contribution in [1.29, 1.82) is 0 Å². The standard InChI is InChI=1S/C26H35BrN2O3/c1-6-8-13-28-26(31)23(7-2)29(16-21-12-10-9-11-18(21)3)24(30)17-32-22-14-19(4)25(27)20(5)15-22/h9-12,14-15,23H,6-8,13,16-17H2,1-5H3,(H,28,31). The van der Waals surface area contributed by atoms with Gasteiger partial charge in [-0.15, -0.1) is 0 Å². The monoisotopic (exact) mass is 502 g/mol. The van der Waals surface area contributed by atoms with Gasteiger partial charge in [-0.05, 0) is 68.0 Å². The molecular formula is C26H35BrN2O3. The molecule has 1 atom stereocenters. The number of rotatable bonds is 11. The third kappa shape index (κ3) is 7.09. The molecule has 0 saturated carbocycles. The molecule has 0 aliphatic heterocycles. The Balaban J connectivity index is 2.22. The van der Waals surface area contributed by atoms with Crippen molar-refractivity contribution in [2.75, 3.05) is 13.2 Å². The number of benzene rings is 2. The van der Waals surface area contributed by atoms with E-state index in [0.717, 1.165) is 39.6 Å². The van der Waals surface area contributed by atoms with Crippen LogP contribution in [0.3, 0.4) is 0 Å². The minimum absolute atomic E-state index is 0.113. The molecule has 1 N–H and O–H groups in total. The molecule has 2 amide bonds. The second-order valence-corrected chi connectivity index (χ2v) is 8.97. The average Bonchev–Trinajstić information content (AvgIpc) is 2.77. The molecule has 174 valence electrons. The highest BCUT2D eigenvalue weighted by Gasteiger charge is 2.29. The smallest absolute Gasteiger partial charge is 0.261 e. The van der Waals surface area contributed by atoms with E-state index in [1.54, 1.807) is 4.90 Å². The minimum atomic E-state index is -0.545. The van der Waals surface area contributed by atoms with E-state index < -0.39 is 6.04 Å². The number of hydrogen-bond acceptors (Lipinski definition) is 3. The van der Waals surface area contributed by atoms with Gasteiger partial charge in [-0.1, -0.05) is 60.5 Å². The second kappa shape index (κ2) is 12.6. The van der Waals surface area contributed by atoms with Crippen molar-refractivity contribution in [3.63, 3.8) is 0 Å². The largest absolute Gasteiger partial charge is 0.484 e. The van der Waals surface area contributed by atoms with Crippen LogP contribution in [-0.2, 0) is 16.1 Å². The van der Waals surface area contributed by atoms with Gasteiger partial charge in [0.15, 0.2) is 6.61 Å². The van der Waals surface area contributed by atoms with Crippen LogP contribution in [-0.4, -0.2) is 35.9 Å². The fraction of sp³-hybridized carbons (Fsp3) is 0.462. The minimum Gasteiger partial charge on any atom is -0.484 e. The average molecular weight is 503 g/mol. The van der Waals surface area contributed by atoms with E-state index in [2.05, 4.69) is 28.2 Å². The number of ether oxygens (including phenoxy) is 1. The molecule has 2 aromatic rings. The summed E-state index contributed by atoms with van der Waals surface area (Å²) in [4.78, 5) is 27.9. The number of halogens is 1. The predicted octanol–water partition coefficient (Wildman–Crippen LogP) is 5.48. The summed E-state index contributed by atoms with van der Waals surface area (Å²) in [7, 11) is 0. The molecular weight excluding hydrogens is 468 g/mol. The summed E-state index contributed by atoms with van der Waals surface area (Å²) in [5.41, 5.74) is 4.21. The quantitative estimate of drug-likeness (QED) is 0.414. The first kappa shape index (κ1) is 25.9. The summed E-state index contributed by atoms with van der Waals surface area (Å²) >= 11 is 3.56. The Morgan fingerprint density at radius 2 is 1.72 bits per heavy atom. The molecule has 0 fully saturated rings. The summed E-state index contributed by atoms with van der Waals surface area (Å²) < 4.78 is 6.90. The van der Waals surface area contributed by atoms with Crippen molar-refractivity contribution in [2.45, 2.75) is 66.5 Å². The Bertz CT molecular complexity index is 906. The van der Waals surface area contributed by atoms with Crippen LogP contribution in [0.25, 0.3) is 0 Å². The van der Waals surface area contributed by atoms with Crippen LogP contribution in [0.15, 0.2) is 40.9 Å². The fourth-order valence-corrected chi connectivity index (χ4v) is 3.84. The van der Waals surface area contributed by atoms with Gasteiger partial charge in [0.25, 0.3) is 5.91 Å². The van der Waals surface area contributed by atoms with Gasteiger partial charge in [0.2, 0.25) is 5.91 Å². The Labute approximate surface area is 200 Å². The van der Waals surface area contributed by atoms with Gasteiger partial charge < -0.3 is 15.0 Å². The Morgan fingerprint density at radius 1 is 1.06 bits per heavy atom. The lowest BCUT2D eigenvalue weighted by molar-refractivity contribution is -0.143. The number of unbranched alkanes of at least 4 members (excludes halogenated alkanes) is 1. The van der Waals surface area contributed by atoms with E-state index in [-0.39, 0.29) is 18.4 Å². The highest BCUT2D eigenvalue weighted by Crippen LogP contribution is 2.26. The van der Waals surface area contributed by atoms with Crippen LogP contribution in [0.5, 0.6) is 5.75 Å². The molecule has 1 unspecified atom stereocenters. The van der Waals surface area contributed by atoms with Crippen LogP contribution in [0.4, 0.5) is 0 Å². The van der Waals surface area contributed by atoms with Gasteiger partial charge >= 0.3 is 0 Å². The molecule has 0 aliphatic carbocycles. The molecule has 0 aromatic heterocycles. The molecule has 2 rings (SSSR count). The number of aryl methyl sites for hydroxylation is 3. The van der Waals surface area contributed by atoms with Crippen molar-refractivity contribution >= 4 is 27.7 Å². The second-order valence-electron chi connectivity index (χ2n) is 8.18. The van der Waals surface area contributed by atoms with Crippen LogP contribution in [0.1, 0.15) is 55.4 Å². The lowest BCUT2D eigenvalue weighted by Gasteiger charge is -2.31. The zero-order valence-electron chi connectivity index (χ0n) is 19.8. The van der Waals surface area contributed by atoms with Crippen LogP contribution in [0.2, 0.25) is 0 Å². The zero-order chi connectivity index (χ0) is 23.7. The van der Waals surface area contributed by atoms with Crippen molar-refractivity contribution < 1.29 is 14.3 Å². The summed E-state index contributed by atoms with van der Waals surface area (Å²) in [6, 6.07) is 11.2. The Morgan fingerprint density at radius 3 is 2.31 bits per heavy atom. The number of nitrogens with zero attached hydrogens (tertiary/aromatic N) is 1. The molecule has 0 spiro atoms. The Hall–Kier alpha value is -2.34. The molecule has 0 bridgehead atoms. The van der Waals surface area contributed by atoms with Crippen LogP contribution < -0.4 is 10.1 Å². The van der Waals surface area contributed by atoms with Gasteiger partial charge in [-0.25, -0.2) is 0 Å². The molecule has 32 heavy (non-hydrogen) atoms.